The molecule has 2 N–H and O–H groups in total. The number of nitrogens with two attached hydrogens (primary N) is 1. The zero-order valence-corrected chi connectivity index (χ0v) is 17.5. The fourth-order valence-electron chi connectivity index (χ4n) is 4.05. The second kappa shape index (κ2) is 6.55. The molecule has 1 aromatic heterocycles. The average molecular weight is 419 g/mol. The van der Waals surface area contributed by atoms with Crippen LogP contribution in [-0.2, 0) is 17.9 Å². The van der Waals surface area contributed by atoms with Crippen LogP contribution in [0.4, 0.5) is 4.39 Å². The van der Waals surface area contributed by atoms with Gasteiger partial charge in [0.15, 0.2) is 0 Å². The van der Waals surface area contributed by atoms with Gasteiger partial charge in [-0.3, -0.25) is 14.3 Å². The van der Waals surface area contributed by atoms with Crippen LogP contribution in [0.25, 0.3) is 11.3 Å². The number of amides is 2. The Morgan fingerprint density at radius 3 is 2.55 bits per heavy atom. The molecular formula is C21H24ClFN4O2. The predicted molar refractivity (Wildman–Crippen MR) is 108 cm³/mol. The Bertz CT molecular complexity index is 1020. The van der Waals surface area contributed by atoms with Crippen molar-refractivity contribution in [3.8, 4) is 11.3 Å². The molecule has 2 aromatic rings. The number of hydrogen-bond acceptors (Lipinski definition) is 3. The third-order valence-corrected chi connectivity index (χ3v) is 5.92. The summed E-state index contributed by atoms with van der Waals surface area (Å²) in [6, 6.07) is 4.20. The largest absolute Gasteiger partial charge is 0.365 e. The number of primary amides is 1. The van der Waals surface area contributed by atoms with E-state index in [2.05, 4.69) is 5.10 Å². The highest BCUT2D eigenvalue weighted by Crippen LogP contribution is 2.48. The van der Waals surface area contributed by atoms with Gasteiger partial charge in [-0.2, -0.15) is 5.10 Å². The lowest BCUT2D eigenvalue weighted by atomic mass is 9.91. The normalized spacial score (nSPS) is 17.3. The summed E-state index contributed by atoms with van der Waals surface area (Å²) in [7, 11) is 0. The highest BCUT2D eigenvalue weighted by molar-refractivity contribution is 6.31. The second-order valence-corrected chi connectivity index (χ2v) is 9.67. The fourth-order valence-corrected chi connectivity index (χ4v) is 4.23. The number of nitrogens with zero attached hydrogens (tertiary/aromatic N) is 3. The van der Waals surface area contributed by atoms with Gasteiger partial charge in [0.25, 0.3) is 5.91 Å². The maximum atomic E-state index is 13.6. The Kier molecular flexibility index (Phi) is 4.49. The zero-order valence-electron chi connectivity index (χ0n) is 16.8. The third-order valence-electron chi connectivity index (χ3n) is 5.63. The van der Waals surface area contributed by atoms with Gasteiger partial charge in [0.2, 0.25) is 5.91 Å². The quantitative estimate of drug-likeness (QED) is 0.824. The minimum atomic E-state index is -0.628. The molecule has 2 amide bonds. The Hall–Kier alpha value is -2.41. The van der Waals surface area contributed by atoms with Gasteiger partial charge in [-0.05, 0) is 36.5 Å². The summed E-state index contributed by atoms with van der Waals surface area (Å²) in [6.07, 6.45) is 2.24. The van der Waals surface area contributed by atoms with Gasteiger partial charge in [-0.1, -0.05) is 32.4 Å². The molecule has 2 heterocycles. The van der Waals surface area contributed by atoms with Crippen molar-refractivity contribution in [2.24, 2.45) is 11.1 Å². The maximum Gasteiger partial charge on any atom is 0.252 e. The summed E-state index contributed by atoms with van der Waals surface area (Å²) in [5.74, 6) is -1.10. The van der Waals surface area contributed by atoms with Crippen LogP contribution in [-0.4, -0.2) is 32.0 Å². The minimum Gasteiger partial charge on any atom is -0.365 e. The number of hydrogen-bond donors (Lipinski definition) is 1. The third kappa shape index (κ3) is 3.52. The Balaban J connectivity index is 1.78. The molecule has 1 aromatic carbocycles. The van der Waals surface area contributed by atoms with Gasteiger partial charge in [-0.25, -0.2) is 4.39 Å². The molecule has 0 atom stereocenters. The molecule has 2 aliphatic rings. The van der Waals surface area contributed by atoms with Crippen LogP contribution in [0.5, 0.6) is 0 Å². The predicted octanol–water partition coefficient (Wildman–Crippen LogP) is 3.75. The van der Waals surface area contributed by atoms with Crippen molar-refractivity contribution < 1.29 is 14.0 Å². The summed E-state index contributed by atoms with van der Waals surface area (Å²) < 4.78 is 15.4. The van der Waals surface area contributed by atoms with Crippen LogP contribution < -0.4 is 5.73 Å². The highest BCUT2D eigenvalue weighted by atomic mass is 35.5. The molecule has 4 rings (SSSR count). The summed E-state index contributed by atoms with van der Waals surface area (Å²) in [5.41, 5.74) is 7.09. The first-order valence-electron chi connectivity index (χ1n) is 9.66. The van der Waals surface area contributed by atoms with Crippen molar-refractivity contribution in [3.05, 3.63) is 40.3 Å². The Morgan fingerprint density at radius 1 is 1.31 bits per heavy atom. The smallest absolute Gasteiger partial charge is 0.252 e. The molecule has 0 unspecified atom stereocenters. The van der Waals surface area contributed by atoms with E-state index in [9.17, 15) is 14.0 Å². The molecule has 154 valence electrons. The number of halogens is 2. The molecule has 0 saturated heterocycles. The highest BCUT2D eigenvalue weighted by Gasteiger charge is 2.54. The Labute approximate surface area is 173 Å². The van der Waals surface area contributed by atoms with Crippen LogP contribution >= 0.6 is 11.6 Å². The summed E-state index contributed by atoms with van der Waals surface area (Å²) >= 11 is 5.93. The van der Waals surface area contributed by atoms with Crippen LogP contribution in [0.1, 0.15) is 56.1 Å². The van der Waals surface area contributed by atoms with Gasteiger partial charge >= 0.3 is 0 Å². The van der Waals surface area contributed by atoms with E-state index in [0.717, 1.165) is 12.8 Å². The lowest BCUT2D eigenvalue weighted by Crippen LogP contribution is -2.49. The van der Waals surface area contributed by atoms with Gasteiger partial charge < -0.3 is 10.6 Å². The number of carbonyl (C=O) groups excluding carboxylic acids is 2. The fraction of sp³-hybridized carbons (Fsp3) is 0.476. The number of aromatic nitrogens is 2. The van der Waals surface area contributed by atoms with E-state index in [4.69, 9.17) is 17.3 Å². The SMILES string of the molecule is CC(C)(C)CC(=O)N1Cc2c(C(N)=O)c(-c3ccc(F)c(Cl)c3)nn2CC12CC2. The van der Waals surface area contributed by atoms with Crippen molar-refractivity contribution in [2.45, 2.75) is 58.7 Å². The molecule has 0 radical (unpaired) electrons. The molecule has 1 spiro atoms. The number of rotatable bonds is 3. The molecule has 1 aliphatic heterocycles. The monoisotopic (exact) mass is 418 g/mol. The van der Waals surface area contributed by atoms with Gasteiger partial charge in [0, 0.05) is 12.0 Å². The average Bonchev–Trinajstić information content (AvgIpc) is 3.25. The van der Waals surface area contributed by atoms with Crippen molar-refractivity contribution in [1.82, 2.24) is 14.7 Å². The van der Waals surface area contributed by atoms with Gasteiger partial charge in [0.05, 0.1) is 34.9 Å². The van der Waals surface area contributed by atoms with Gasteiger partial charge in [-0.15, -0.1) is 0 Å². The molecule has 8 heteroatoms. The number of carbonyl (C=O) groups is 2. The van der Waals surface area contributed by atoms with E-state index in [-0.39, 0.29) is 34.0 Å². The van der Waals surface area contributed by atoms with E-state index in [1.54, 1.807) is 4.68 Å². The molecule has 29 heavy (non-hydrogen) atoms. The summed E-state index contributed by atoms with van der Waals surface area (Å²) in [4.78, 5) is 27.3. The standard InChI is InChI=1S/C21H24ClFN4O2/c1-20(2,3)9-16(28)26-10-15-17(19(24)29)18(12-4-5-14(23)13(22)8-12)25-27(15)11-21(26)6-7-21/h4-5,8H,6-7,9-11H2,1-3H3,(H2,24,29). The van der Waals surface area contributed by atoms with Crippen molar-refractivity contribution in [1.29, 1.82) is 0 Å². The molecule has 1 aliphatic carbocycles. The molecule has 6 nitrogen and oxygen atoms in total. The van der Waals surface area contributed by atoms with Crippen molar-refractivity contribution in [3.63, 3.8) is 0 Å². The van der Waals surface area contributed by atoms with Crippen LogP contribution in [0.2, 0.25) is 5.02 Å². The second-order valence-electron chi connectivity index (χ2n) is 9.26. The van der Waals surface area contributed by atoms with E-state index in [1.165, 1.54) is 18.2 Å². The minimum absolute atomic E-state index is 0.0514. The molecular weight excluding hydrogens is 395 g/mol. The first-order valence-corrected chi connectivity index (χ1v) is 10.0. The summed E-state index contributed by atoms with van der Waals surface area (Å²) in [6.45, 7) is 6.90. The molecule has 0 bridgehead atoms. The van der Waals surface area contributed by atoms with E-state index in [0.29, 0.717) is 29.9 Å². The van der Waals surface area contributed by atoms with Crippen molar-refractivity contribution >= 4 is 23.4 Å². The zero-order chi connectivity index (χ0) is 21.1. The lowest BCUT2D eigenvalue weighted by molar-refractivity contribution is -0.138. The van der Waals surface area contributed by atoms with E-state index in [1.807, 2.05) is 25.7 Å². The molecule has 1 fully saturated rings. The van der Waals surface area contributed by atoms with E-state index >= 15 is 0 Å². The topological polar surface area (TPSA) is 81.2 Å². The summed E-state index contributed by atoms with van der Waals surface area (Å²) in [5, 5.41) is 4.56. The first kappa shape index (κ1) is 19.9. The molecule has 1 saturated carbocycles. The first-order chi connectivity index (χ1) is 13.5. The van der Waals surface area contributed by atoms with Crippen LogP contribution in [0.15, 0.2) is 18.2 Å². The number of fused-ring (bicyclic) bond motifs is 1. The van der Waals surface area contributed by atoms with Gasteiger partial charge in [0.1, 0.15) is 11.5 Å². The maximum absolute atomic E-state index is 13.6. The van der Waals surface area contributed by atoms with Crippen LogP contribution in [0.3, 0.4) is 0 Å². The lowest BCUT2D eigenvalue weighted by Gasteiger charge is -2.38. The van der Waals surface area contributed by atoms with E-state index < -0.39 is 11.7 Å². The number of benzene rings is 1. The Morgan fingerprint density at radius 2 is 2.00 bits per heavy atom. The van der Waals surface area contributed by atoms with Crippen LogP contribution in [0, 0.1) is 11.2 Å². The van der Waals surface area contributed by atoms with Crippen molar-refractivity contribution in [2.75, 3.05) is 0 Å².